The highest BCUT2D eigenvalue weighted by atomic mass is 32.2. The number of nitrogens with one attached hydrogen (secondary N) is 1. The van der Waals surface area contributed by atoms with Gasteiger partial charge in [-0.2, -0.15) is 0 Å². The molecule has 0 spiro atoms. The Balaban J connectivity index is 1.59. The van der Waals surface area contributed by atoms with Gasteiger partial charge in [0.25, 0.3) is 0 Å². The van der Waals surface area contributed by atoms with E-state index in [0.29, 0.717) is 10.2 Å². The molecular weight excluding hydrogens is 386 g/mol. The van der Waals surface area contributed by atoms with Crippen LogP contribution in [0.4, 0.5) is 5.13 Å². The van der Waals surface area contributed by atoms with Crippen molar-refractivity contribution in [2.45, 2.75) is 11.9 Å². The fraction of sp³-hybridized carbons (Fsp3) is 0.118. The molecule has 0 aliphatic rings. The van der Waals surface area contributed by atoms with Gasteiger partial charge in [-0.1, -0.05) is 42.1 Å². The maximum atomic E-state index is 12.1. The van der Waals surface area contributed by atoms with E-state index in [2.05, 4.69) is 25.5 Å². The molecule has 0 aliphatic carbocycles. The molecule has 9 heteroatoms. The fourth-order valence-electron chi connectivity index (χ4n) is 2.38. The van der Waals surface area contributed by atoms with Crippen LogP contribution >= 0.6 is 34.4 Å². The Bertz CT molecular complexity index is 1050. The van der Waals surface area contributed by atoms with Gasteiger partial charge in [0.05, 0.1) is 15.5 Å². The van der Waals surface area contributed by atoms with Crippen LogP contribution in [-0.2, 0) is 4.79 Å². The topological polar surface area (TPSA) is 80.7 Å². The van der Waals surface area contributed by atoms with Crippen LogP contribution in [0.1, 0.15) is 5.01 Å². The normalized spacial score (nSPS) is 11.0. The van der Waals surface area contributed by atoms with Crippen molar-refractivity contribution in [1.82, 2.24) is 20.2 Å². The molecule has 1 N–H and O–H groups in total. The van der Waals surface area contributed by atoms with E-state index in [9.17, 15) is 4.79 Å². The van der Waals surface area contributed by atoms with Crippen molar-refractivity contribution in [3.63, 3.8) is 0 Å². The van der Waals surface area contributed by atoms with Gasteiger partial charge in [-0.25, -0.2) is 9.97 Å². The summed E-state index contributed by atoms with van der Waals surface area (Å²) < 4.78 is 0.992. The summed E-state index contributed by atoms with van der Waals surface area (Å²) in [4.78, 5) is 20.7. The predicted molar refractivity (Wildman–Crippen MR) is 107 cm³/mol. The number of fused-ring (bicyclic) bond motifs is 1. The summed E-state index contributed by atoms with van der Waals surface area (Å²) in [6.45, 7) is 1.96. The highest BCUT2D eigenvalue weighted by Gasteiger charge is 2.17. The molecule has 0 fully saturated rings. The number of carbonyl (C=O) groups is 1. The zero-order chi connectivity index (χ0) is 17.9. The van der Waals surface area contributed by atoms with Crippen molar-refractivity contribution < 1.29 is 4.79 Å². The molecule has 0 saturated heterocycles. The van der Waals surface area contributed by atoms with Crippen LogP contribution in [-0.4, -0.2) is 31.8 Å². The Morgan fingerprint density at radius 2 is 2.08 bits per heavy atom. The third kappa shape index (κ3) is 3.59. The van der Waals surface area contributed by atoms with Crippen molar-refractivity contribution in [3.8, 4) is 11.3 Å². The predicted octanol–water partition coefficient (Wildman–Crippen LogP) is 4.25. The summed E-state index contributed by atoms with van der Waals surface area (Å²) in [7, 11) is 0. The van der Waals surface area contributed by atoms with Crippen LogP contribution in [0.2, 0.25) is 0 Å². The Morgan fingerprint density at radius 3 is 2.85 bits per heavy atom. The van der Waals surface area contributed by atoms with Crippen LogP contribution in [0.25, 0.3) is 21.5 Å². The minimum Gasteiger partial charge on any atom is -0.301 e. The first-order valence-corrected chi connectivity index (χ1v) is 10.4. The Labute approximate surface area is 161 Å². The van der Waals surface area contributed by atoms with Crippen LogP contribution in [0.3, 0.4) is 0 Å². The Morgan fingerprint density at radius 1 is 1.23 bits per heavy atom. The molecule has 3 aromatic heterocycles. The number of nitrogens with zero attached hydrogens (tertiary/aromatic N) is 4. The lowest BCUT2D eigenvalue weighted by atomic mass is 10.1. The van der Waals surface area contributed by atoms with Gasteiger partial charge in [0, 0.05) is 17.1 Å². The van der Waals surface area contributed by atoms with Crippen molar-refractivity contribution in [3.05, 3.63) is 46.9 Å². The number of thiazole rings is 2. The van der Waals surface area contributed by atoms with Crippen LogP contribution < -0.4 is 5.32 Å². The van der Waals surface area contributed by atoms with E-state index in [-0.39, 0.29) is 11.7 Å². The molecule has 130 valence electrons. The third-order valence-electron chi connectivity index (χ3n) is 3.46. The number of rotatable bonds is 5. The van der Waals surface area contributed by atoms with Gasteiger partial charge in [0.15, 0.2) is 5.13 Å². The molecule has 0 atom stereocenters. The number of hydrogen-bond acceptors (Lipinski definition) is 8. The summed E-state index contributed by atoms with van der Waals surface area (Å²) in [6, 6.07) is 9.93. The third-order valence-corrected chi connectivity index (χ3v) is 6.08. The molecule has 3 heterocycles. The molecule has 6 nitrogen and oxygen atoms in total. The van der Waals surface area contributed by atoms with E-state index in [4.69, 9.17) is 0 Å². The molecule has 4 aromatic rings. The molecule has 1 aromatic carbocycles. The lowest BCUT2D eigenvalue weighted by Crippen LogP contribution is -2.14. The first kappa shape index (κ1) is 17.1. The van der Waals surface area contributed by atoms with Crippen LogP contribution in [0.5, 0.6) is 0 Å². The number of thioether (sulfide) groups is 1. The lowest BCUT2D eigenvalue weighted by molar-refractivity contribution is -0.113. The van der Waals surface area contributed by atoms with Gasteiger partial charge in [-0.15, -0.1) is 32.9 Å². The number of benzene rings is 1. The molecule has 4 rings (SSSR count). The van der Waals surface area contributed by atoms with Crippen LogP contribution in [0, 0.1) is 6.92 Å². The minimum atomic E-state index is -0.126. The summed E-state index contributed by atoms with van der Waals surface area (Å²) in [5.74, 6) is 0.101. The molecule has 0 radical (unpaired) electrons. The SMILES string of the molecule is Cc1nc2c(SCC(=O)Nc3nccs3)nnc(-c3ccccc3)c2s1. The molecule has 0 unspecified atom stereocenters. The highest BCUT2D eigenvalue weighted by molar-refractivity contribution is 8.00. The van der Waals surface area contributed by atoms with E-state index in [1.807, 2.05) is 42.6 Å². The maximum Gasteiger partial charge on any atom is 0.236 e. The first-order chi connectivity index (χ1) is 12.7. The second kappa shape index (κ2) is 7.48. The van der Waals surface area contributed by atoms with Crippen molar-refractivity contribution in [2.24, 2.45) is 0 Å². The standard InChI is InChI=1S/C17H13N5OS3/c1-10-19-14-15(26-10)13(11-5-3-2-4-6-11)21-22-16(14)25-9-12(23)20-17-18-7-8-24-17/h2-8H,9H2,1H3,(H,18,20,23). The van der Waals surface area contributed by atoms with E-state index in [1.54, 1.807) is 17.5 Å². The van der Waals surface area contributed by atoms with E-state index in [1.165, 1.54) is 23.1 Å². The van der Waals surface area contributed by atoms with Crippen molar-refractivity contribution in [1.29, 1.82) is 0 Å². The molecular formula is C17H13N5OS3. The number of aryl methyl sites for hydroxylation is 1. The minimum absolute atomic E-state index is 0.126. The van der Waals surface area contributed by atoms with Gasteiger partial charge in [0.1, 0.15) is 16.2 Å². The molecule has 0 saturated carbocycles. The molecule has 26 heavy (non-hydrogen) atoms. The second-order valence-electron chi connectivity index (χ2n) is 5.30. The van der Waals surface area contributed by atoms with Gasteiger partial charge in [-0.3, -0.25) is 4.79 Å². The largest absolute Gasteiger partial charge is 0.301 e. The van der Waals surface area contributed by atoms with Crippen molar-refractivity contribution in [2.75, 3.05) is 11.1 Å². The lowest BCUT2D eigenvalue weighted by Gasteiger charge is -2.05. The number of anilines is 1. The quantitative estimate of drug-likeness (QED) is 0.505. The summed E-state index contributed by atoms with van der Waals surface area (Å²) in [6.07, 6.45) is 1.66. The number of aromatic nitrogens is 4. The zero-order valence-corrected chi connectivity index (χ0v) is 16.1. The summed E-state index contributed by atoms with van der Waals surface area (Å²) in [5.41, 5.74) is 2.63. The fourth-order valence-corrected chi connectivity index (χ4v) is 4.64. The highest BCUT2D eigenvalue weighted by Crippen LogP contribution is 2.35. The number of hydrogen-bond donors (Lipinski definition) is 1. The zero-order valence-electron chi connectivity index (χ0n) is 13.7. The van der Waals surface area contributed by atoms with Crippen molar-refractivity contribution >= 4 is 55.7 Å². The van der Waals surface area contributed by atoms with E-state index < -0.39 is 0 Å². The molecule has 0 bridgehead atoms. The average molecular weight is 400 g/mol. The average Bonchev–Trinajstić information content (AvgIpc) is 3.29. The molecule has 1 amide bonds. The first-order valence-electron chi connectivity index (χ1n) is 7.72. The number of carbonyl (C=O) groups excluding carboxylic acids is 1. The van der Waals surface area contributed by atoms with E-state index in [0.717, 1.165) is 26.5 Å². The summed E-state index contributed by atoms with van der Waals surface area (Å²) >= 11 is 4.31. The Hall–Kier alpha value is -2.36. The Kier molecular flexibility index (Phi) is 4.91. The number of amides is 1. The smallest absolute Gasteiger partial charge is 0.236 e. The van der Waals surface area contributed by atoms with Gasteiger partial charge < -0.3 is 5.32 Å². The summed E-state index contributed by atoms with van der Waals surface area (Å²) in [5, 5.41) is 15.5. The maximum absolute atomic E-state index is 12.1. The van der Waals surface area contributed by atoms with Gasteiger partial charge >= 0.3 is 0 Å². The van der Waals surface area contributed by atoms with Gasteiger partial charge in [0.2, 0.25) is 5.91 Å². The molecule has 0 aliphatic heterocycles. The van der Waals surface area contributed by atoms with Gasteiger partial charge in [-0.05, 0) is 6.92 Å². The van der Waals surface area contributed by atoms with Crippen LogP contribution in [0.15, 0.2) is 46.9 Å². The van der Waals surface area contributed by atoms with E-state index >= 15 is 0 Å². The second-order valence-corrected chi connectivity index (χ2v) is 8.37. The monoisotopic (exact) mass is 399 g/mol.